The maximum atomic E-state index is 11.7. The van der Waals surface area contributed by atoms with E-state index >= 15 is 0 Å². The zero-order chi connectivity index (χ0) is 13.5. The average Bonchev–Trinajstić information content (AvgIpc) is 2.33. The first-order chi connectivity index (χ1) is 8.56. The molecule has 0 aliphatic heterocycles. The Morgan fingerprint density at radius 3 is 2.72 bits per heavy atom. The van der Waals surface area contributed by atoms with Crippen LogP contribution in [0.5, 0.6) is 0 Å². The van der Waals surface area contributed by atoms with E-state index in [4.69, 9.17) is 28.5 Å². The largest absolute Gasteiger partial charge is 0.340 e. The molecule has 1 unspecified atom stereocenters. The standard InChI is InChI=1S/C13H14Cl2N2O/c1-2-3-10(8-16)17-13(18)7-9-4-5-11(14)12(15)6-9/h4-6,10H,2-3,7H2,1H3,(H,17,18). The van der Waals surface area contributed by atoms with Gasteiger partial charge in [0.2, 0.25) is 5.91 Å². The fourth-order valence-electron chi connectivity index (χ4n) is 1.54. The van der Waals surface area contributed by atoms with Crippen LogP contribution in [-0.2, 0) is 11.2 Å². The summed E-state index contributed by atoms with van der Waals surface area (Å²) in [6.07, 6.45) is 1.70. The van der Waals surface area contributed by atoms with Crippen molar-refractivity contribution in [1.29, 1.82) is 5.26 Å². The summed E-state index contributed by atoms with van der Waals surface area (Å²) in [4.78, 5) is 11.7. The average molecular weight is 285 g/mol. The Hall–Kier alpha value is -1.24. The summed E-state index contributed by atoms with van der Waals surface area (Å²) in [5.74, 6) is -0.187. The maximum Gasteiger partial charge on any atom is 0.225 e. The fraction of sp³-hybridized carbons (Fsp3) is 0.385. The molecule has 0 bridgehead atoms. The molecule has 96 valence electrons. The number of nitriles is 1. The van der Waals surface area contributed by atoms with Gasteiger partial charge in [0.1, 0.15) is 6.04 Å². The van der Waals surface area contributed by atoms with Gasteiger partial charge in [-0.3, -0.25) is 4.79 Å². The van der Waals surface area contributed by atoms with E-state index in [-0.39, 0.29) is 12.3 Å². The van der Waals surface area contributed by atoms with Crippen LogP contribution in [0.15, 0.2) is 18.2 Å². The molecule has 3 nitrogen and oxygen atoms in total. The van der Waals surface area contributed by atoms with Gasteiger partial charge in [0.05, 0.1) is 22.5 Å². The van der Waals surface area contributed by atoms with Crippen LogP contribution in [0.3, 0.4) is 0 Å². The summed E-state index contributed by atoms with van der Waals surface area (Å²) in [6, 6.07) is 6.69. The van der Waals surface area contributed by atoms with Crippen LogP contribution in [0.1, 0.15) is 25.3 Å². The van der Waals surface area contributed by atoms with Crippen LogP contribution >= 0.6 is 23.2 Å². The van der Waals surface area contributed by atoms with Crippen molar-refractivity contribution in [1.82, 2.24) is 5.32 Å². The van der Waals surface area contributed by atoms with Gasteiger partial charge >= 0.3 is 0 Å². The first-order valence-electron chi connectivity index (χ1n) is 5.69. The second-order valence-electron chi connectivity index (χ2n) is 3.96. The molecule has 0 heterocycles. The third-order valence-corrected chi connectivity index (χ3v) is 3.16. The predicted molar refractivity (Wildman–Crippen MR) is 72.6 cm³/mol. The van der Waals surface area contributed by atoms with E-state index in [1.165, 1.54) is 0 Å². The third kappa shape index (κ3) is 4.56. The Labute approximate surface area is 117 Å². The lowest BCUT2D eigenvalue weighted by Gasteiger charge is -2.10. The minimum absolute atomic E-state index is 0.187. The van der Waals surface area contributed by atoms with Gasteiger partial charge in [0.25, 0.3) is 0 Å². The van der Waals surface area contributed by atoms with Gasteiger partial charge in [-0.1, -0.05) is 42.6 Å². The zero-order valence-corrected chi connectivity index (χ0v) is 11.6. The normalized spacial score (nSPS) is 11.7. The van der Waals surface area contributed by atoms with Crippen LogP contribution in [0.4, 0.5) is 0 Å². The number of halogens is 2. The van der Waals surface area contributed by atoms with Gasteiger partial charge in [0, 0.05) is 0 Å². The lowest BCUT2D eigenvalue weighted by molar-refractivity contribution is -0.120. The lowest BCUT2D eigenvalue weighted by atomic mass is 10.1. The second kappa shape index (κ2) is 7.25. The van der Waals surface area contributed by atoms with Crippen molar-refractivity contribution < 1.29 is 4.79 Å². The zero-order valence-electron chi connectivity index (χ0n) is 10.0. The number of benzene rings is 1. The highest BCUT2D eigenvalue weighted by Gasteiger charge is 2.11. The number of rotatable bonds is 5. The molecule has 0 aliphatic carbocycles. The highest BCUT2D eigenvalue weighted by molar-refractivity contribution is 6.42. The van der Waals surface area contributed by atoms with Crippen molar-refractivity contribution in [3.63, 3.8) is 0 Å². The van der Waals surface area contributed by atoms with E-state index in [1.807, 2.05) is 6.92 Å². The van der Waals surface area contributed by atoms with Crippen LogP contribution in [0, 0.1) is 11.3 Å². The highest BCUT2D eigenvalue weighted by atomic mass is 35.5. The number of nitrogens with one attached hydrogen (secondary N) is 1. The van der Waals surface area contributed by atoms with Gasteiger partial charge in [-0.2, -0.15) is 5.26 Å². The number of hydrogen-bond acceptors (Lipinski definition) is 2. The lowest BCUT2D eigenvalue weighted by Crippen LogP contribution is -2.34. The minimum Gasteiger partial charge on any atom is -0.340 e. The highest BCUT2D eigenvalue weighted by Crippen LogP contribution is 2.22. The topological polar surface area (TPSA) is 52.9 Å². The molecule has 1 rings (SSSR count). The minimum atomic E-state index is -0.426. The number of carbonyl (C=O) groups is 1. The molecule has 1 atom stereocenters. The Morgan fingerprint density at radius 2 is 2.17 bits per heavy atom. The summed E-state index contributed by atoms with van der Waals surface area (Å²) < 4.78 is 0. The quantitative estimate of drug-likeness (QED) is 0.902. The summed E-state index contributed by atoms with van der Waals surface area (Å²) >= 11 is 11.7. The monoisotopic (exact) mass is 284 g/mol. The summed E-state index contributed by atoms with van der Waals surface area (Å²) in [6.45, 7) is 1.97. The molecule has 5 heteroatoms. The Balaban J connectivity index is 2.59. The van der Waals surface area contributed by atoms with Crippen molar-refractivity contribution in [2.45, 2.75) is 32.2 Å². The molecule has 0 saturated heterocycles. The fourth-order valence-corrected chi connectivity index (χ4v) is 1.86. The molecule has 0 aromatic heterocycles. The van der Waals surface area contributed by atoms with Gasteiger partial charge in [0.15, 0.2) is 0 Å². The van der Waals surface area contributed by atoms with Crippen molar-refractivity contribution in [2.24, 2.45) is 0 Å². The van der Waals surface area contributed by atoms with E-state index < -0.39 is 6.04 Å². The van der Waals surface area contributed by atoms with Gasteiger partial charge in [-0.25, -0.2) is 0 Å². The first kappa shape index (κ1) is 14.8. The van der Waals surface area contributed by atoms with Crippen LogP contribution in [-0.4, -0.2) is 11.9 Å². The number of amides is 1. The van der Waals surface area contributed by atoms with Crippen LogP contribution in [0.25, 0.3) is 0 Å². The molecule has 0 fully saturated rings. The van der Waals surface area contributed by atoms with Crippen LogP contribution in [0.2, 0.25) is 10.0 Å². The van der Waals surface area contributed by atoms with Crippen LogP contribution < -0.4 is 5.32 Å². The molecule has 1 aromatic rings. The van der Waals surface area contributed by atoms with Gasteiger partial charge < -0.3 is 5.32 Å². The summed E-state index contributed by atoms with van der Waals surface area (Å²) in [5, 5.41) is 12.4. The van der Waals surface area contributed by atoms with E-state index in [1.54, 1.807) is 18.2 Å². The predicted octanol–water partition coefficient (Wildman–Crippen LogP) is 3.34. The van der Waals surface area contributed by atoms with Crippen molar-refractivity contribution in [3.8, 4) is 6.07 Å². The Morgan fingerprint density at radius 1 is 1.44 bits per heavy atom. The van der Waals surface area contributed by atoms with E-state index in [0.717, 1.165) is 12.0 Å². The number of hydrogen-bond donors (Lipinski definition) is 1. The maximum absolute atomic E-state index is 11.7. The molecule has 18 heavy (non-hydrogen) atoms. The summed E-state index contributed by atoms with van der Waals surface area (Å²) in [7, 11) is 0. The van der Waals surface area contributed by atoms with Gasteiger partial charge in [-0.15, -0.1) is 0 Å². The van der Waals surface area contributed by atoms with Crippen molar-refractivity contribution in [3.05, 3.63) is 33.8 Å². The second-order valence-corrected chi connectivity index (χ2v) is 4.78. The third-order valence-electron chi connectivity index (χ3n) is 2.42. The molecule has 1 aromatic carbocycles. The molecule has 0 radical (unpaired) electrons. The molecular weight excluding hydrogens is 271 g/mol. The summed E-state index contributed by atoms with van der Waals surface area (Å²) in [5.41, 5.74) is 0.773. The molecule has 0 aliphatic rings. The first-order valence-corrected chi connectivity index (χ1v) is 6.45. The van der Waals surface area contributed by atoms with E-state index in [0.29, 0.717) is 16.5 Å². The molecule has 1 N–H and O–H groups in total. The number of nitrogens with zero attached hydrogens (tertiary/aromatic N) is 1. The SMILES string of the molecule is CCCC(C#N)NC(=O)Cc1ccc(Cl)c(Cl)c1. The number of carbonyl (C=O) groups excluding carboxylic acids is 1. The van der Waals surface area contributed by atoms with E-state index in [9.17, 15) is 4.79 Å². The van der Waals surface area contributed by atoms with Gasteiger partial charge in [-0.05, 0) is 24.1 Å². The molecular formula is C13H14Cl2N2O. The molecule has 1 amide bonds. The Bertz CT molecular complexity index is 469. The molecule has 0 spiro atoms. The van der Waals surface area contributed by atoms with E-state index in [2.05, 4.69) is 11.4 Å². The van der Waals surface area contributed by atoms with Crippen molar-refractivity contribution >= 4 is 29.1 Å². The molecule has 0 saturated carbocycles. The van der Waals surface area contributed by atoms with Crippen molar-refractivity contribution in [2.75, 3.05) is 0 Å². The smallest absolute Gasteiger partial charge is 0.225 e. The Kier molecular flexibility index (Phi) is 5.97.